The lowest BCUT2D eigenvalue weighted by atomic mass is 9.96. The van der Waals surface area contributed by atoms with Crippen molar-refractivity contribution in [2.24, 2.45) is 5.92 Å². The minimum atomic E-state index is 0.0779. The highest BCUT2D eigenvalue weighted by Crippen LogP contribution is 2.43. The first-order valence-corrected chi connectivity index (χ1v) is 13.1. The summed E-state index contributed by atoms with van der Waals surface area (Å²) in [7, 11) is 6.76. The molecule has 0 radical (unpaired) electrons. The molecule has 1 aliphatic heterocycles. The number of imidazole rings is 1. The summed E-state index contributed by atoms with van der Waals surface area (Å²) in [6, 6.07) is 13.7. The number of amides is 1. The minimum absolute atomic E-state index is 0.0779. The van der Waals surface area contributed by atoms with Gasteiger partial charge in [0, 0.05) is 29.9 Å². The fraction of sp³-hybridized carbons (Fsp3) is 0.345. The number of carbonyl (C=O) groups is 1. The molecule has 0 atom stereocenters. The van der Waals surface area contributed by atoms with Crippen LogP contribution in [0, 0.1) is 17.2 Å². The smallest absolute Gasteiger partial charge is 0.223 e. The van der Waals surface area contributed by atoms with Crippen molar-refractivity contribution >= 4 is 23.1 Å². The van der Waals surface area contributed by atoms with Crippen LogP contribution < -0.4 is 24.8 Å². The van der Waals surface area contributed by atoms with Gasteiger partial charge in [0.1, 0.15) is 17.3 Å². The van der Waals surface area contributed by atoms with Gasteiger partial charge in [0.2, 0.25) is 11.7 Å². The number of piperidine rings is 1. The van der Waals surface area contributed by atoms with Gasteiger partial charge in [-0.1, -0.05) is 12.1 Å². The lowest BCUT2D eigenvalue weighted by Crippen LogP contribution is -2.38. The van der Waals surface area contributed by atoms with Crippen molar-refractivity contribution in [2.75, 3.05) is 46.8 Å². The Morgan fingerprint density at radius 2 is 1.77 bits per heavy atom. The van der Waals surface area contributed by atoms with Crippen molar-refractivity contribution in [1.29, 1.82) is 5.26 Å². The molecule has 40 heavy (non-hydrogen) atoms. The average molecular weight is 544 g/mol. The predicted molar refractivity (Wildman–Crippen MR) is 151 cm³/mol. The van der Waals surface area contributed by atoms with Gasteiger partial charge >= 0.3 is 0 Å². The van der Waals surface area contributed by atoms with Crippen molar-refractivity contribution in [1.82, 2.24) is 24.8 Å². The summed E-state index contributed by atoms with van der Waals surface area (Å²) in [5, 5.41) is 19.2. The molecule has 0 spiro atoms. The van der Waals surface area contributed by atoms with Crippen molar-refractivity contribution in [3.05, 3.63) is 53.7 Å². The molecule has 1 amide bonds. The van der Waals surface area contributed by atoms with Gasteiger partial charge in [-0.15, -0.1) is 0 Å². The van der Waals surface area contributed by atoms with E-state index >= 15 is 0 Å². The lowest BCUT2D eigenvalue weighted by Gasteiger charge is -2.28. The second kappa shape index (κ2) is 11.6. The topological polar surface area (TPSA) is 129 Å². The van der Waals surface area contributed by atoms with Crippen molar-refractivity contribution in [3.63, 3.8) is 0 Å². The molecular weight excluding hydrogens is 510 g/mol. The zero-order chi connectivity index (χ0) is 28.2. The zero-order valence-corrected chi connectivity index (χ0v) is 23.1. The molecule has 0 bridgehead atoms. The highest BCUT2D eigenvalue weighted by molar-refractivity contribution is 5.83. The van der Waals surface area contributed by atoms with Gasteiger partial charge in [0.25, 0.3) is 0 Å². The van der Waals surface area contributed by atoms with Crippen LogP contribution >= 0.6 is 0 Å². The molecule has 3 heterocycles. The summed E-state index contributed by atoms with van der Waals surface area (Å²) in [5.74, 6) is 2.29. The van der Waals surface area contributed by atoms with E-state index in [2.05, 4.69) is 33.7 Å². The molecule has 5 rings (SSSR count). The van der Waals surface area contributed by atoms with Gasteiger partial charge in [-0.2, -0.15) is 5.26 Å². The van der Waals surface area contributed by atoms with Gasteiger partial charge in [-0.25, -0.2) is 9.50 Å². The van der Waals surface area contributed by atoms with Crippen molar-refractivity contribution < 1.29 is 19.0 Å². The number of carbonyl (C=O) groups excluding carboxylic acids is 1. The first kappa shape index (κ1) is 26.9. The maximum absolute atomic E-state index is 12.6. The summed E-state index contributed by atoms with van der Waals surface area (Å²) in [4.78, 5) is 19.6. The van der Waals surface area contributed by atoms with Crippen LogP contribution in [0.4, 0.5) is 11.5 Å². The molecule has 1 aliphatic rings. The van der Waals surface area contributed by atoms with Gasteiger partial charge in [-0.05, 0) is 62.8 Å². The molecule has 4 aromatic rings. The molecule has 2 aromatic heterocycles. The minimum Gasteiger partial charge on any atom is -0.493 e. The number of nitrogens with zero attached hydrogens (tertiary/aromatic N) is 4. The number of benzene rings is 2. The summed E-state index contributed by atoms with van der Waals surface area (Å²) in [6.07, 6.45) is 3.40. The van der Waals surface area contributed by atoms with Crippen molar-refractivity contribution in [2.45, 2.75) is 19.4 Å². The number of methoxy groups -OCH3 is 3. The van der Waals surface area contributed by atoms with Crippen LogP contribution in [0.3, 0.4) is 0 Å². The number of nitrogens with one attached hydrogen (secondary N) is 3. The van der Waals surface area contributed by atoms with Crippen LogP contribution in [0.25, 0.3) is 16.9 Å². The fourth-order valence-corrected chi connectivity index (χ4v) is 4.98. The van der Waals surface area contributed by atoms with Gasteiger partial charge in [0.15, 0.2) is 23.0 Å². The maximum atomic E-state index is 12.6. The Morgan fingerprint density at radius 3 is 2.38 bits per heavy atom. The number of nitriles is 1. The van der Waals surface area contributed by atoms with Gasteiger partial charge < -0.3 is 29.7 Å². The van der Waals surface area contributed by atoms with E-state index in [1.807, 2.05) is 36.4 Å². The molecule has 0 unspecified atom stereocenters. The lowest BCUT2D eigenvalue weighted by molar-refractivity contribution is -0.126. The number of aromatic amines is 1. The molecule has 2 aromatic carbocycles. The Labute approximate surface area is 232 Å². The number of rotatable bonds is 9. The Hall–Kier alpha value is -4.69. The van der Waals surface area contributed by atoms with Crippen LogP contribution in [-0.4, -0.2) is 66.9 Å². The molecule has 1 saturated heterocycles. The summed E-state index contributed by atoms with van der Waals surface area (Å²) >= 11 is 0. The first-order chi connectivity index (χ1) is 19.4. The molecule has 3 N–H and O–H groups in total. The Balaban J connectivity index is 1.40. The highest BCUT2D eigenvalue weighted by atomic mass is 16.5. The molecule has 1 fully saturated rings. The highest BCUT2D eigenvalue weighted by Gasteiger charge is 2.24. The molecule has 0 aliphatic carbocycles. The summed E-state index contributed by atoms with van der Waals surface area (Å²) in [5.41, 5.74) is 4.03. The molecular formula is C29H33N7O4. The molecule has 208 valence electrons. The zero-order valence-electron chi connectivity index (χ0n) is 23.1. The standard InChI is InChI=1S/C29H33N7O4/c1-35-11-9-19(10-12-35)29(37)31-16-18-5-7-22(8-6-18)33-28-25(34-27-21(15-30)17-32-36(27)28)20-13-23(38-2)26(40-4)24(14-20)39-3/h5-8,13-14,17,19,32-33H,9-12,16H2,1-4H3,(H,31,37). The summed E-state index contributed by atoms with van der Waals surface area (Å²) in [6.45, 7) is 2.38. The second-order valence-electron chi connectivity index (χ2n) is 9.80. The number of anilines is 2. The number of likely N-dealkylation sites (tertiary alicyclic amines) is 1. The number of H-pyrrole nitrogens is 1. The average Bonchev–Trinajstić information content (AvgIpc) is 3.55. The van der Waals surface area contributed by atoms with E-state index < -0.39 is 0 Å². The van der Waals surface area contributed by atoms with Gasteiger partial charge in [0.05, 0.1) is 21.3 Å². The van der Waals surface area contributed by atoms with E-state index in [1.165, 1.54) is 0 Å². The first-order valence-electron chi connectivity index (χ1n) is 13.1. The van der Waals surface area contributed by atoms with E-state index in [4.69, 9.17) is 19.2 Å². The SMILES string of the molecule is COc1cc(-c2nc3c(C#N)c[nH]n3c2Nc2ccc(CNC(=O)C3CCN(C)CC3)cc2)cc(OC)c1OC. The van der Waals surface area contributed by atoms with Crippen LogP contribution in [-0.2, 0) is 11.3 Å². The van der Waals surface area contributed by atoms with Crippen LogP contribution in [0.2, 0.25) is 0 Å². The monoisotopic (exact) mass is 543 g/mol. The molecule has 0 saturated carbocycles. The predicted octanol–water partition coefficient (Wildman–Crippen LogP) is 3.93. The second-order valence-corrected chi connectivity index (χ2v) is 9.80. The van der Waals surface area contributed by atoms with E-state index in [1.54, 1.807) is 32.0 Å². The number of ether oxygens (including phenoxy) is 3. The van der Waals surface area contributed by atoms with E-state index in [9.17, 15) is 10.1 Å². The largest absolute Gasteiger partial charge is 0.493 e. The number of fused-ring (bicyclic) bond motifs is 1. The normalized spacial score (nSPS) is 14.1. The molecule has 11 nitrogen and oxygen atoms in total. The van der Waals surface area contributed by atoms with E-state index in [0.717, 1.165) is 37.2 Å². The Bertz CT molecular complexity index is 1520. The number of hydrogen-bond acceptors (Lipinski definition) is 8. The Morgan fingerprint density at radius 1 is 1.10 bits per heavy atom. The third kappa shape index (κ3) is 5.26. The number of hydrogen-bond donors (Lipinski definition) is 3. The quantitative estimate of drug-likeness (QED) is 0.290. The fourth-order valence-electron chi connectivity index (χ4n) is 4.98. The van der Waals surface area contributed by atoms with Crippen LogP contribution in [0.15, 0.2) is 42.6 Å². The van der Waals surface area contributed by atoms with Crippen LogP contribution in [0.5, 0.6) is 17.2 Å². The van der Waals surface area contributed by atoms with E-state index in [0.29, 0.717) is 52.1 Å². The third-order valence-corrected chi connectivity index (χ3v) is 7.29. The third-order valence-electron chi connectivity index (χ3n) is 7.29. The van der Waals surface area contributed by atoms with Gasteiger partial charge in [-0.3, -0.25) is 9.89 Å². The Kier molecular flexibility index (Phi) is 7.79. The van der Waals surface area contributed by atoms with Crippen molar-refractivity contribution in [3.8, 4) is 34.6 Å². The summed E-state index contributed by atoms with van der Waals surface area (Å²) < 4.78 is 18.3. The molecule has 11 heteroatoms. The van der Waals surface area contributed by atoms with E-state index in [-0.39, 0.29) is 11.8 Å². The number of aromatic nitrogens is 3. The van der Waals surface area contributed by atoms with Crippen LogP contribution in [0.1, 0.15) is 24.0 Å². The maximum Gasteiger partial charge on any atom is 0.223 e.